The zero-order valence-corrected chi connectivity index (χ0v) is 79.9. The van der Waals surface area contributed by atoms with Gasteiger partial charge in [-0.25, -0.2) is 34.6 Å². The lowest BCUT2D eigenvalue weighted by molar-refractivity contribution is 0.0995. The summed E-state index contributed by atoms with van der Waals surface area (Å²) < 4.78 is 30.7. The zero-order chi connectivity index (χ0) is 90.3. The third kappa shape index (κ3) is 44.2. The Labute approximate surface area is 801 Å². The molecule has 0 unspecified atom stereocenters. The minimum absolute atomic E-state index is 0. The van der Waals surface area contributed by atoms with Crippen LogP contribution in [0.4, 0.5) is 58.8 Å². The molecule has 0 radical (unpaired) electrons. The number of ether oxygens (including phenoxy) is 5. The van der Waals surface area contributed by atoms with Crippen LogP contribution >= 0.6 is 67.5 Å². The van der Waals surface area contributed by atoms with E-state index in [1.807, 2.05) is 85.1 Å². The molecule has 39 nitrogen and oxygen atoms in total. The van der Waals surface area contributed by atoms with Crippen LogP contribution < -0.4 is 84.7 Å². The number of unbranched alkanes of at least 4 members (excludes halogenated alkanes) is 3. The number of carbonyl (C=O) groups is 1. The summed E-state index contributed by atoms with van der Waals surface area (Å²) in [6.45, 7) is 12.5. The highest BCUT2D eigenvalue weighted by Gasteiger charge is 2.21. The number of nitrogens with two attached hydrogens (primary N) is 6. The molecule has 0 aliphatic heterocycles. The van der Waals surface area contributed by atoms with Gasteiger partial charge in [0.05, 0.1) is 60.0 Å². The van der Waals surface area contributed by atoms with Crippen LogP contribution in [0.15, 0.2) is 159 Å². The number of amides is 1. The minimum atomic E-state index is -0.599. The molecule has 0 fully saturated rings. The summed E-state index contributed by atoms with van der Waals surface area (Å²) in [4.78, 5) is 69.0. The fraction of sp³-hybridized carbons (Fsp3) is 0.437. The van der Waals surface area contributed by atoms with Crippen molar-refractivity contribution in [1.82, 2.24) is 84.8 Å². The van der Waals surface area contributed by atoms with Crippen LogP contribution in [0.3, 0.4) is 0 Å². The molecule has 11 aromatic rings. The number of nitrogens with zero attached hydrogens (tertiary/aromatic N) is 17. The highest BCUT2D eigenvalue weighted by Crippen LogP contribution is 2.31. The van der Waals surface area contributed by atoms with Crippen LogP contribution in [-0.2, 0) is 33.0 Å². The lowest BCUT2D eigenvalue weighted by atomic mass is 10.1. The molecule has 44 heteroatoms. The van der Waals surface area contributed by atoms with E-state index in [1.165, 1.54) is 12.4 Å². The van der Waals surface area contributed by atoms with Crippen LogP contribution in [-0.4, -0.2) is 179 Å². The Morgan fingerprint density at radius 2 is 0.672 bits per heavy atom. The average Bonchev–Trinajstić information content (AvgIpc) is 1.54. The number of aliphatic hydroxyl groups is 5. The molecule has 0 spiro atoms. The van der Waals surface area contributed by atoms with Gasteiger partial charge in [0.2, 0.25) is 29.7 Å². The van der Waals surface area contributed by atoms with Crippen molar-refractivity contribution < 1.29 is 54.0 Å². The summed E-state index contributed by atoms with van der Waals surface area (Å²) in [5, 5.41) is 71.0. The quantitative estimate of drug-likeness (QED) is 0.0168. The van der Waals surface area contributed by atoms with Crippen molar-refractivity contribution in [2.45, 2.75) is 213 Å². The van der Waals surface area contributed by atoms with Crippen molar-refractivity contribution in [3.8, 4) is 34.4 Å². The number of carbonyl (C=O) groups excluding carboxylic acids is 1. The molecule has 10 aromatic heterocycles. The number of aromatic nitrogens is 17. The predicted molar refractivity (Wildman–Crippen MR) is 537 cm³/mol. The molecule has 11 rings (SSSR count). The SMILES string of the molecule is CCCC[C@@H](CCO)Nc1nc(N)ncc1OCc1cccc(C(N)=O)n1.CCCC[C@@H](CCO)Nc1nc(N)ncc1OCc1ccccn1.CCCC[C@@H](CCO)Nc1nc(N)ncc1OCc1ccncc1.CCC[C@@H](CCO)Nc1nc(N)ncc1OCc1ccccn1.CCC[C@@H](CCO)Nc1nc(N)ncc1OCc1cn(-c2ccccc2)nn1.S.S.S.S.S. The first-order valence-electron chi connectivity index (χ1n) is 42.4. The third-order valence-electron chi connectivity index (χ3n) is 18.7. The van der Waals surface area contributed by atoms with Crippen LogP contribution in [0.25, 0.3) is 5.69 Å². The number of hydrogen-bond acceptors (Lipinski definition) is 37. The highest BCUT2D eigenvalue weighted by atomic mass is 32.1. The third-order valence-corrected chi connectivity index (χ3v) is 18.7. The maximum Gasteiger partial charge on any atom is 0.267 e. The number of aliphatic hydroxyl groups excluding tert-OH is 5. The fourth-order valence-corrected chi connectivity index (χ4v) is 12.2. The molecule has 131 heavy (non-hydrogen) atoms. The normalized spacial score (nSPS) is 11.4. The summed E-state index contributed by atoms with van der Waals surface area (Å²) in [5.74, 6) is 5.32. The molecular formula is C87H134N28O11S5. The van der Waals surface area contributed by atoms with Crippen molar-refractivity contribution in [3.05, 3.63) is 193 Å². The molecule has 0 aliphatic rings. The first-order chi connectivity index (χ1) is 61.4. The molecule has 718 valence electrons. The topological polar surface area (TPSA) is 592 Å². The summed E-state index contributed by atoms with van der Waals surface area (Å²) in [6.07, 6.45) is 32.5. The number of nitrogens with one attached hydrogen (secondary N) is 5. The summed E-state index contributed by atoms with van der Waals surface area (Å²) in [6, 6.07) is 30.2. The van der Waals surface area contributed by atoms with E-state index in [0.717, 1.165) is 106 Å². The molecule has 0 saturated heterocycles. The Morgan fingerprint density at radius 1 is 0.351 bits per heavy atom. The van der Waals surface area contributed by atoms with Gasteiger partial charge in [-0.15, -0.1) is 5.10 Å². The van der Waals surface area contributed by atoms with Crippen LogP contribution in [0.1, 0.15) is 189 Å². The lowest BCUT2D eigenvalue weighted by Crippen LogP contribution is -2.22. The lowest BCUT2D eigenvalue weighted by Gasteiger charge is -2.20. The van der Waals surface area contributed by atoms with Gasteiger partial charge in [-0.05, 0) is 130 Å². The zero-order valence-electron chi connectivity index (χ0n) is 74.9. The fourth-order valence-electron chi connectivity index (χ4n) is 12.2. The van der Waals surface area contributed by atoms with Crippen molar-refractivity contribution in [2.75, 3.05) is 88.3 Å². The number of rotatable bonds is 50. The van der Waals surface area contributed by atoms with Crippen molar-refractivity contribution >= 4 is 132 Å². The number of primary amides is 1. The Hall–Kier alpha value is -11.6. The largest absolute Gasteiger partial charge is 0.483 e. The summed E-state index contributed by atoms with van der Waals surface area (Å²) in [7, 11) is 0. The maximum absolute atomic E-state index is 11.2. The van der Waals surface area contributed by atoms with E-state index in [1.54, 1.807) is 66.3 Å². The standard InChI is InChI=1S/C19H25N7O2.C18H26N6O3.2C17H25N5O2.C16H23N5O2.5H2S/c1-2-6-14(9-10-27)22-18-17(11-21-19(20)23-18)28-13-15-12-26(25-24-15)16-7-4-3-5-8-16;1-2-3-5-12(8-9-25)23-17-15(10-21-18(20)24-17)27-11-13-6-4-7-14(22-13)16(19)26;1-2-3-6-13(8-10-23)21-16-15(11-20-17(18)22-16)24-12-14-7-4-5-9-19-14;1-2-3-4-14(7-10-23)21-16-15(11-20-17(18)22-16)24-12-13-5-8-19-9-6-13;1-2-5-12(7-9-22)20-15-14(10-19-16(17)21-15)23-11-13-6-3-4-8-18-13;;;;;/h3-5,7-8,11-12,14,27H,2,6,9-10,13H2,1H3,(H3,20,21,22,23);4,6-7,10,12,25H,2-3,5,8-9,11H2,1H3,(H2,19,26)(H3,20,21,23,24);4-5,7,9,11,13,23H,2-3,6,8,10,12H2,1H3,(H3,18,20,21,22);5-6,8-9,11,14,23H,2-4,7,10,12H2,1H3,(H3,18,20,21,22);3-4,6,8,10,12,22H,2,5,7,9,11H2,1H3,(H3,17,19,20,21);5*1H2/t14-;12-;13-;14-;12-;;;;;/m00000...../s1. The molecule has 10 heterocycles. The summed E-state index contributed by atoms with van der Waals surface area (Å²) >= 11 is 0. The van der Waals surface area contributed by atoms with E-state index < -0.39 is 5.91 Å². The Morgan fingerprint density at radius 3 is 0.992 bits per heavy atom. The van der Waals surface area contributed by atoms with Gasteiger partial charge in [-0.1, -0.05) is 128 Å². The molecule has 5 atom stereocenters. The van der Waals surface area contributed by atoms with Crippen molar-refractivity contribution in [2.24, 2.45) is 5.73 Å². The van der Waals surface area contributed by atoms with Crippen LogP contribution in [0.5, 0.6) is 28.7 Å². The van der Waals surface area contributed by atoms with Gasteiger partial charge in [0.1, 0.15) is 44.4 Å². The Kier molecular flexibility index (Phi) is 59.5. The Bertz CT molecular complexity index is 4730. The van der Waals surface area contributed by atoms with E-state index in [4.69, 9.17) is 58.1 Å². The van der Waals surface area contributed by atoms with Gasteiger partial charge in [0.25, 0.3) is 5.91 Å². The molecule has 0 saturated carbocycles. The van der Waals surface area contributed by atoms with E-state index >= 15 is 0 Å². The number of hydrogen-bond donors (Lipinski definition) is 16. The van der Waals surface area contributed by atoms with Crippen molar-refractivity contribution in [3.63, 3.8) is 0 Å². The highest BCUT2D eigenvalue weighted by molar-refractivity contribution is 7.60. The van der Waals surface area contributed by atoms with Gasteiger partial charge >= 0.3 is 0 Å². The maximum atomic E-state index is 11.2. The predicted octanol–water partition coefficient (Wildman–Crippen LogP) is 11.0. The number of benzene rings is 1. The van der Waals surface area contributed by atoms with Gasteiger partial charge in [-0.3, -0.25) is 19.7 Å². The number of anilines is 10. The molecule has 1 amide bonds. The second-order valence-corrected chi connectivity index (χ2v) is 28.8. The Balaban J connectivity index is 0.000000550. The van der Waals surface area contributed by atoms with Gasteiger partial charge < -0.3 is 110 Å². The van der Waals surface area contributed by atoms with E-state index in [2.05, 4.69) is 141 Å². The first kappa shape index (κ1) is 115. The molecule has 1 aromatic carbocycles. The second-order valence-electron chi connectivity index (χ2n) is 28.8. The van der Waals surface area contributed by atoms with Crippen molar-refractivity contribution in [1.29, 1.82) is 0 Å². The second kappa shape index (κ2) is 67.6. The monoisotopic (exact) mass is 1910 g/mol. The average molecular weight is 1910 g/mol. The van der Waals surface area contributed by atoms with E-state index in [-0.39, 0.29) is 179 Å². The molecule has 0 aliphatic carbocycles. The van der Waals surface area contributed by atoms with Gasteiger partial charge in [0.15, 0.2) is 57.8 Å². The number of pyridine rings is 4. The number of para-hydroxylation sites is 1. The van der Waals surface area contributed by atoms with Crippen LogP contribution in [0.2, 0.25) is 0 Å². The van der Waals surface area contributed by atoms with Gasteiger partial charge in [-0.2, -0.15) is 92.4 Å². The van der Waals surface area contributed by atoms with E-state index in [0.29, 0.717) is 121 Å². The van der Waals surface area contributed by atoms with Gasteiger partial charge in [0, 0.05) is 88.0 Å². The molecule has 22 N–H and O–H groups in total. The smallest absolute Gasteiger partial charge is 0.267 e. The van der Waals surface area contributed by atoms with Crippen LogP contribution in [0, 0.1) is 0 Å². The van der Waals surface area contributed by atoms with E-state index in [9.17, 15) is 30.3 Å². The molecule has 0 bridgehead atoms. The summed E-state index contributed by atoms with van der Waals surface area (Å²) in [5.41, 5.74) is 38.7. The molecular weight excluding hydrogens is 1770 g/mol. The minimum Gasteiger partial charge on any atom is -0.483 e. The first-order valence-corrected chi connectivity index (χ1v) is 42.4. The number of nitrogen functional groups attached to an aromatic ring is 5.